The first kappa shape index (κ1) is 15.6. The molecule has 1 aromatic rings. The van der Waals surface area contributed by atoms with Crippen LogP contribution in [0.3, 0.4) is 0 Å². The fourth-order valence-corrected chi connectivity index (χ4v) is 2.77. The highest BCUT2D eigenvalue weighted by molar-refractivity contribution is 6.32. The van der Waals surface area contributed by atoms with Gasteiger partial charge in [-0.25, -0.2) is 0 Å². The third-order valence-corrected chi connectivity index (χ3v) is 3.88. The van der Waals surface area contributed by atoms with Crippen molar-refractivity contribution < 1.29 is 14.7 Å². The molecule has 0 radical (unpaired) electrons. The van der Waals surface area contributed by atoms with Crippen LogP contribution in [0.2, 0.25) is 5.02 Å². The molecule has 0 saturated carbocycles. The molecule has 1 atom stereocenters. The zero-order valence-corrected chi connectivity index (χ0v) is 12.9. The number of phenols is 1. The van der Waals surface area contributed by atoms with Crippen molar-refractivity contribution in [2.24, 2.45) is 5.92 Å². The molecular weight excluding hydrogens is 292 g/mol. The second-order valence-corrected chi connectivity index (χ2v) is 5.94. The maximum absolute atomic E-state index is 12.5. The van der Waals surface area contributed by atoms with Crippen molar-refractivity contribution in [2.75, 3.05) is 13.1 Å². The van der Waals surface area contributed by atoms with Gasteiger partial charge in [-0.1, -0.05) is 31.5 Å². The van der Waals surface area contributed by atoms with Crippen molar-refractivity contribution in [3.05, 3.63) is 28.8 Å². The van der Waals surface area contributed by atoms with Gasteiger partial charge in [0.15, 0.2) is 0 Å². The molecule has 0 spiro atoms. The molecule has 1 fully saturated rings. The number of carbonyl (C=O) groups is 2. The van der Waals surface area contributed by atoms with Crippen molar-refractivity contribution in [3.63, 3.8) is 0 Å². The van der Waals surface area contributed by atoms with Gasteiger partial charge >= 0.3 is 0 Å². The molecule has 2 rings (SSSR count). The van der Waals surface area contributed by atoms with E-state index in [0.717, 1.165) is 5.56 Å². The molecule has 5 nitrogen and oxygen atoms in total. The van der Waals surface area contributed by atoms with E-state index in [0.29, 0.717) is 13.1 Å². The molecule has 0 bridgehead atoms. The molecule has 6 heteroatoms. The van der Waals surface area contributed by atoms with Crippen molar-refractivity contribution >= 4 is 23.4 Å². The Labute approximate surface area is 128 Å². The quantitative estimate of drug-likeness (QED) is 0.890. The summed E-state index contributed by atoms with van der Waals surface area (Å²) in [6, 6.07) is 4.27. The first-order valence-corrected chi connectivity index (χ1v) is 7.32. The molecule has 114 valence electrons. The standard InChI is InChI=1S/C15H19ClN2O3/c1-9(2)14-15(21)17-5-6-18(14)13(20)8-10-3-4-12(19)11(16)7-10/h3-4,7,9,14,19H,5-6,8H2,1-2H3,(H,17,21)/t14-/m0/s1. The Morgan fingerprint density at radius 2 is 2.24 bits per heavy atom. The van der Waals surface area contributed by atoms with Gasteiger partial charge in [-0.2, -0.15) is 0 Å². The molecule has 1 aliphatic heterocycles. The summed E-state index contributed by atoms with van der Waals surface area (Å²) in [5.74, 6) is -0.165. The van der Waals surface area contributed by atoms with E-state index in [-0.39, 0.29) is 34.9 Å². The van der Waals surface area contributed by atoms with E-state index < -0.39 is 6.04 Å². The van der Waals surface area contributed by atoms with Crippen LogP contribution in [-0.2, 0) is 16.0 Å². The summed E-state index contributed by atoms with van der Waals surface area (Å²) in [6.45, 7) is 4.84. The van der Waals surface area contributed by atoms with Gasteiger partial charge in [0.05, 0.1) is 11.4 Å². The van der Waals surface area contributed by atoms with Crippen LogP contribution >= 0.6 is 11.6 Å². The van der Waals surface area contributed by atoms with Gasteiger partial charge < -0.3 is 15.3 Å². The summed E-state index contributed by atoms with van der Waals surface area (Å²) in [7, 11) is 0. The summed E-state index contributed by atoms with van der Waals surface area (Å²) in [6.07, 6.45) is 0.163. The lowest BCUT2D eigenvalue weighted by molar-refractivity contribution is -0.144. The van der Waals surface area contributed by atoms with Crippen LogP contribution in [0.15, 0.2) is 18.2 Å². The Hall–Kier alpha value is -1.75. The molecule has 0 aliphatic carbocycles. The Kier molecular flexibility index (Phi) is 4.73. The minimum Gasteiger partial charge on any atom is -0.506 e. The van der Waals surface area contributed by atoms with Crippen LogP contribution in [0.1, 0.15) is 19.4 Å². The zero-order valence-electron chi connectivity index (χ0n) is 12.1. The normalized spacial score (nSPS) is 18.8. The second kappa shape index (κ2) is 6.35. The Balaban J connectivity index is 2.14. The lowest BCUT2D eigenvalue weighted by atomic mass is 9.98. The van der Waals surface area contributed by atoms with Gasteiger partial charge in [-0.05, 0) is 23.6 Å². The largest absolute Gasteiger partial charge is 0.506 e. The number of benzene rings is 1. The van der Waals surface area contributed by atoms with E-state index in [1.54, 1.807) is 17.0 Å². The number of nitrogens with zero attached hydrogens (tertiary/aromatic N) is 1. The molecule has 0 unspecified atom stereocenters. The number of piperazine rings is 1. The number of phenolic OH excluding ortho intramolecular Hbond substituents is 1. The van der Waals surface area contributed by atoms with Gasteiger partial charge in [-0.15, -0.1) is 0 Å². The molecule has 2 N–H and O–H groups in total. The number of amides is 2. The van der Waals surface area contributed by atoms with E-state index in [1.807, 2.05) is 13.8 Å². The Bertz CT molecular complexity index is 560. The number of carbonyl (C=O) groups excluding carboxylic acids is 2. The van der Waals surface area contributed by atoms with E-state index in [2.05, 4.69) is 5.32 Å². The van der Waals surface area contributed by atoms with Crippen molar-refractivity contribution in [3.8, 4) is 5.75 Å². The lowest BCUT2D eigenvalue weighted by Gasteiger charge is -2.37. The minimum absolute atomic E-state index is 0.00901. The van der Waals surface area contributed by atoms with E-state index in [9.17, 15) is 14.7 Å². The van der Waals surface area contributed by atoms with Gasteiger partial charge in [0, 0.05) is 13.1 Å². The SMILES string of the molecule is CC(C)[C@H]1C(=O)NCCN1C(=O)Cc1ccc(O)c(Cl)c1. The number of halogens is 1. The topological polar surface area (TPSA) is 69.6 Å². The van der Waals surface area contributed by atoms with E-state index in [1.165, 1.54) is 6.07 Å². The fraction of sp³-hybridized carbons (Fsp3) is 0.467. The number of nitrogens with one attached hydrogen (secondary N) is 1. The van der Waals surface area contributed by atoms with Gasteiger partial charge in [0.1, 0.15) is 11.8 Å². The third-order valence-electron chi connectivity index (χ3n) is 3.58. The first-order chi connectivity index (χ1) is 9.90. The predicted octanol–water partition coefficient (Wildman–Crippen LogP) is 1.57. The molecule has 1 saturated heterocycles. The summed E-state index contributed by atoms with van der Waals surface area (Å²) >= 11 is 5.85. The van der Waals surface area contributed by atoms with Crippen molar-refractivity contribution in [2.45, 2.75) is 26.3 Å². The lowest BCUT2D eigenvalue weighted by Crippen LogP contribution is -2.59. The highest BCUT2D eigenvalue weighted by atomic mass is 35.5. The second-order valence-electron chi connectivity index (χ2n) is 5.53. The molecule has 2 amide bonds. The van der Waals surface area contributed by atoms with E-state index in [4.69, 9.17) is 11.6 Å². The summed E-state index contributed by atoms with van der Waals surface area (Å²) in [5.41, 5.74) is 0.719. The van der Waals surface area contributed by atoms with Crippen LogP contribution in [0.5, 0.6) is 5.75 Å². The number of hydrogen-bond donors (Lipinski definition) is 2. The predicted molar refractivity (Wildman–Crippen MR) is 80.2 cm³/mol. The molecule has 1 heterocycles. The number of rotatable bonds is 3. The van der Waals surface area contributed by atoms with Gasteiger partial charge in [-0.3, -0.25) is 9.59 Å². The summed E-state index contributed by atoms with van der Waals surface area (Å²) in [5, 5.41) is 12.4. The highest BCUT2D eigenvalue weighted by Gasteiger charge is 2.34. The van der Waals surface area contributed by atoms with Crippen LogP contribution in [0.25, 0.3) is 0 Å². The zero-order chi connectivity index (χ0) is 15.6. The van der Waals surface area contributed by atoms with Crippen molar-refractivity contribution in [1.82, 2.24) is 10.2 Å². The van der Waals surface area contributed by atoms with Crippen LogP contribution in [-0.4, -0.2) is 41.0 Å². The van der Waals surface area contributed by atoms with Crippen molar-refractivity contribution in [1.29, 1.82) is 0 Å². The van der Waals surface area contributed by atoms with E-state index >= 15 is 0 Å². The molecule has 1 aliphatic rings. The summed E-state index contributed by atoms with van der Waals surface area (Å²) in [4.78, 5) is 26.0. The summed E-state index contributed by atoms with van der Waals surface area (Å²) < 4.78 is 0. The molecule has 1 aromatic carbocycles. The molecular formula is C15H19ClN2O3. The van der Waals surface area contributed by atoms with Gasteiger partial charge in [0.2, 0.25) is 11.8 Å². The third kappa shape index (κ3) is 3.47. The minimum atomic E-state index is -0.432. The van der Waals surface area contributed by atoms with Crippen LogP contribution < -0.4 is 5.32 Å². The Morgan fingerprint density at radius 3 is 2.86 bits per heavy atom. The maximum Gasteiger partial charge on any atom is 0.243 e. The number of hydrogen-bond acceptors (Lipinski definition) is 3. The highest BCUT2D eigenvalue weighted by Crippen LogP contribution is 2.24. The molecule has 21 heavy (non-hydrogen) atoms. The molecule has 0 aromatic heterocycles. The number of aromatic hydroxyl groups is 1. The first-order valence-electron chi connectivity index (χ1n) is 6.94. The average molecular weight is 311 g/mol. The van der Waals surface area contributed by atoms with Crippen LogP contribution in [0.4, 0.5) is 0 Å². The maximum atomic E-state index is 12.5. The fourth-order valence-electron chi connectivity index (χ4n) is 2.56. The smallest absolute Gasteiger partial charge is 0.243 e. The van der Waals surface area contributed by atoms with Gasteiger partial charge in [0.25, 0.3) is 0 Å². The average Bonchev–Trinajstić information content (AvgIpc) is 2.42. The van der Waals surface area contributed by atoms with Crippen LogP contribution in [0, 0.1) is 5.92 Å². The monoisotopic (exact) mass is 310 g/mol. The Morgan fingerprint density at radius 1 is 1.52 bits per heavy atom.